The molecular weight excluding hydrogens is 546 g/mol. The number of benzene rings is 2. The van der Waals surface area contributed by atoms with Crippen molar-refractivity contribution in [1.82, 2.24) is 30.2 Å². The zero-order valence-electron chi connectivity index (χ0n) is 23.8. The van der Waals surface area contributed by atoms with Crippen LogP contribution in [-0.2, 0) is 29.5 Å². The Bertz CT molecular complexity index is 1750. The van der Waals surface area contributed by atoms with Crippen molar-refractivity contribution in [2.45, 2.75) is 47.2 Å². The first-order valence-corrected chi connectivity index (χ1v) is 14.9. The Morgan fingerprint density at radius 1 is 1.07 bits per heavy atom. The second kappa shape index (κ2) is 11.4. The maximum atomic E-state index is 14.0. The van der Waals surface area contributed by atoms with Crippen molar-refractivity contribution in [1.29, 1.82) is 0 Å². The third kappa shape index (κ3) is 5.60. The molecule has 0 saturated heterocycles. The van der Waals surface area contributed by atoms with E-state index < -0.39 is 10.0 Å². The Labute approximate surface area is 238 Å². The maximum Gasteiger partial charge on any atom is 0.330 e. The quantitative estimate of drug-likeness (QED) is 0.300. The number of hydrazine groups is 2. The van der Waals surface area contributed by atoms with E-state index in [9.17, 15) is 13.2 Å². The lowest BCUT2D eigenvalue weighted by Crippen LogP contribution is -2.44. The number of hydrogen-bond donors (Lipinski definition) is 4. The minimum Gasteiger partial charge on any atom is -0.493 e. The first-order valence-electron chi connectivity index (χ1n) is 13.4. The Hall–Kier alpha value is -4.07. The van der Waals surface area contributed by atoms with Gasteiger partial charge in [0.25, 0.3) is 10.0 Å². The predicted octanol–water partition coefficient (Wildman–Crippen LogP) is 1.77. The third-order valence-electron chi connectivity index (χ3n) is 7.10. The van der Waals surface area contributed by atoms with Crippen molar-refractivity contribution in [2.24, 2.45) is 4.99 Å². The second-order valence-electron chi connectivity index (χ2n) is 9.98. The van der Waals surface area contributed by atoms with E-state index in [0.717, 1.165) is 33.5 Å². The molecule has 0 amide bonds. The highest BCUT2D eigenvalue weighted by Crippen LogP contribution is 2.37. The van der Waals surface area contributed by atoms with Crippen molar-refractivity contribution < 1.29 is 17.9 Å². The molecule has 1 aromatic heterocycles. The molecule has 0 aliphatic carbocycles. The fraction of sp³-hybridized carbons (Fsp3) is 0.357. The molecular formula is C28H35N7O5S. The van der Waals surface area contributed by atoms with Gasteiger partial charge in [-0.15, -0.1) is 5.53 Å². The molecule has 218 valence electrons. The van der Waals surface area contributed by atoms with Crippen molar-refractivity contribution in [3.05, 3.63) is 79.8 Å². The SMILES string of the molecule is CCOc1cc2c(cc1OC)-c1cc(=Nc3c(C)cc(C)cc3C)n(CCNS(=O)(=O)C3=CNNN3)c(=O)n1CC2. The van der Waals surface area contributed by atoms with Gasteiger partial charge in [-0.25, -0.2) is 22.9 Å². The van der Waals surface area contributed by atoms with Gasteiger partial charge in [0.15, 0.2) is 16.5 Å². The summed E-state index contributed by atoms with van der Waals surface area (Å²) in [6, 6.07) is 9.87. The molecule has 4 N–H and O–H groups in total. The predicted molar refractivity (Wildman–Crippen MR) is 156 cm³/mol. The smallest absolute Gasteiger partial charge is 0.330 e. The summed E-state index contributed by atoms with van der Waals surface area (Å²) >= 11 is 0. The summed E-state index contributed by atoms with van der Waals surface area (Å²) in [6.07, 6.45) is 1.93. The van der Waals surface area contributed by atoms with Gasteiger partial charge in [0.1, 0.15) is 5.49 Å². The number of nitrogens with one attached hydrogen (secondary N) is 4. The average molecular weight is 582 g/mol. The molecule has 2 aliphatic heterocycles. The van der Waals surface area contributed by atoms with E-state index in [-0.39, 0.29) is 23.8 Å². The van der Waals surface area contributed by atoms with E-state index in [1.165, 1.54) is 10.8 Å². The van der Waals surface area contributed by atoms with Gasteiger partial charge in [0.05, 0.1) is 31.3 Å². The molecule has 2 aliphatic rings. The zero-order chi connectivity index (χ0) is 29.3. The molecule has 0 saturated carbocycles. The number of ether oxygens (including phenoxy) is 2. The minimum absolute atomic E-state index is 0.0168. The van der Waals surface area contributed by atoms with Crippen molar-refractivity contribution in [2.75, 3.05) is 20.3 Å². The van der Waals surface area contributed by atoms with E-state index in [4.69, 9.17) is 14.5 Å². The largest absolute Gasteiger partial charge is 0.493 e. The van der Waals surface area contributed by atoms with Crippen molar-refractivity contribution in [3.63, 3.8) is 0 Å². The van der Waals surface area contributed by atoms with Crippen LogP contribution in [-0.4, -0.2) is 37.8 Å². The highest BCUT2D eigenvalue weighted by molar-refractivity contribution is 7.93. The summed E-state index contributed by atoms with van der Waals surface area (Å²) in [7, 11) is -2.22. The number of aromatic nitrogens is 2. The summed E-state index contributed by atoms with van der Waals surface area (Å²) < 4.78 is 42.5. The summed E-state index contributed by atoms with van der Waals surface area (Å²) in [5.41, 5.74) is 14.3. The van der Waals surface area contributed by atoms with Gasteiger partial charge in [-0.2, -0.15) is 0 Å². The number of methoxy groups -OCH3 is 1. The van der Waals surface area contributed by atoms with Crippen LogP contribution in [0.4, 0.5) is 5.69 Å². The molecule has 0 radical (unpaired) electrons. The van der Waals surface area contributed by atoms with Crippen LogP contribution in [0.3, 0.4) is 0 Å². The van der Waals surface area contributed by atoms with E-state index >= 15 is 0 Å². The minimum atomic E-state index is -3.81. The van der Waals surface area contributed by atoms with Crippen LogP contribution in [0, 0.1) is 20.8 Å². The number of nitrogens with zero attached hydrogens (tertiary/aromatic N) is 3. The zero-order valence-corrected chi connectivity index (χ0v) is 24.6. The number of aryl methyl sites for hydroxylation is 4. The number of fused-ring (bicyclic) bond motifs is 3. The fourth-order valence-corrected chi connectivity index (χ4v) is 6.20. The van der Waals surface area contributed by atoms with Crippen molar-refractivity contribution in [3.8, 4) is 22.8 Å². The topological polar surface area (TPSA) is 140 Å². The molecule has 12 nitrogen and oxygen atoms in total. The van der Waals surface area contributed by atoms with Crippen molar-refractivity contribution >= 4 is 15.7 Å². The van der Waals surface area contributed by atoms with Gasteiger partial charge in [-0.1, -0.05) is 17.7 Å². The molecule has 2 aromatic carbocycles. The molecule has 5 rings (SSSR count). The molecule has 3 heterocycles. The second-order valence-corrected chi connectivity index (χ2v) is 11.7. The van der Waals surface area contributed by atoms with Crippen LogP contribution >= 0.6 is 0 Å². The molecule has 0 bridgehead atoms. The van der Waals surface area contributed by atoms with Crippen LogP contribution < -0.4 is 41.8 Å². The average Bonchev–Trinajstić information content (AvgIpc) is 3.48. The first kappa shape index (κ1) is 28.5. The van der Waals surface area contributed by atoms with Gasteiger partial charge in [-0.05, 0) is 62.9 Å². The number of rotatable bonds is 9. The van der Waals surface area contributed by atoms with E-state index in [0.29, 0.717) is 42.3 Å². The highest BCUT2D eigenvalue weighted by Gasteiger charge is 2.24. The van der Waals surface area contributed by atoms with Gasteiger partial charge < -0.3 is 14.9 Å². The van der Waals surface area contributed by atoms with Gasteiger partial charge in [-0.3, -0.25) is 14.6 Å². The highest BCUT2D eigenvalue weighted by atomic mass is 32.2. The third-order valence-corrected chi connectivity index (χ3v) is 8.49. The molecule has 0 unspecified atom stereocenters. The molecule has 0 fully saturated rings. The number of sulfonamides is 1. The van der Waals surface area contributed by atoms with Gasteiger partial charge in [0.2, 0.25) is 0 Å². The standard InChI is InChI=1S/C28H35N7O5S/c1-6-40-24-13-20-7-9-34-22(21(20)14-23(24)39-5)15-25(31-27-18(3)11-17(2)12-19(27)4)35(28(34)36)10-8-30-41(37,38)26-16-29-33-32-26/h11-16,29-30,32-33H,6-10H2,1-5H3. The van der Waals surface area contributed by atoms with E-state index in [2.05, 4.69) is 33.2 Å². The molecule has 0 spiro atoms. The van der Waals surface area contributed by atoms with Crippen LogP contribution in [0.15, 0.2) is 51.3 Å². The molecule has 3 aromatic rings. The van der Waals surface area contributed by atoms with Gasteiger partial charge in [0, 0.05) is 31.3 Å². The molecule has 0 atom stereocenters. The lowest BCUT2D eigenvalue weighted by Gasteiger charge is -2.25. The normalized spacial score (nSPS) is 14.6. The first-order chi connectivity index (χ1) is 19.6. The van der Waals surface area contributed by atoms with Gasteiger partial charge >= 0.3 is 5.69 Å². The Morgan fingerprint density at radius 2 is 1.83 bits per heavy atom. The summed E-state index contributed by atoms with van der Waals surface area (Å²) in [4.78, 5) is 19.0. The van der Waals surface area contributed by atoms with E-state index in [1.54, 1.807) is 11.7 Å². The summed E-state index contributed by atoms with van der Waals surface area (Å²) in [5.74, 6) is 1.25. The Morgan fingerprint density at radius 3 is 2.49 bits per heavy atom. The Kier molecular flexibility index (Phi) is 7.93. The summed E-state index contributed by atoms with van der Waals surface area (Å²) in [6.45, 7) is 8.96. The molecule has 41 heavy (non-hydrogen) atoms. The maximum absolute atomic E-state index is 14.0. The Balaban J connectivity index is 1.65. The van der Waals surface area contributed by atoms with Crippen LogP contribution in [0.5, 0.6) is 11.5 Å². The molecule has 13 heteroatoms. The van der Waals surface area contributed by atoms with E-state index in [1.807, 2.05) is 45.9 Å². The van der Waals surface area contributed by atoms with Crippen LogP contribution in [0.1, 0.15) is 29.2 Å². The monoisotopic (exact) mass is 581 g/mol. The number of hydrogen-bond acceptors (Lipinski definition) is 9. The van der Waals surface area contributed by atoms with Crippen LogP contribution in [0.25, 0.3) is 11.3 Å². The summed E-state index contributed by atoms with van der Waals surface area (Å²) in [5, 5.41) is -0.0440. The van der Waals surface area contributed by atoms with Crippen LogP contribution in [0.2, 0.25) is 0 Å². The lowest BCUT2D eigenvalue weighted by molar-refractivity contribution is 0.310. The lowest BCUT2D eigenvalue weighted by atomic mass is 9.97. The fourth-order valence-electron chi connectivity index (χ4n) is 5.29.